The van der Waals surface area contributed by atoms with Crippen LogP contribution >= 0.6 is 11.8 Å². The molecule has 1 aromatic carbocycles. The number of carbonyl (C=O) groups is 2. The third-order valence-electron chi connectivity index (χ3n) is 2.91. The molecule has 1 aliphatic rings. The molecule has 1 heterocycles. The zero-order chi connectivity index (χ0) is 14.2. The molecule has 1 N–H and O–H groups in total. The van der Waals surface area contributed by atoms with Crippen LogP contribution in [0.1, 0.15) is 17.3 Å². The topological polar surface area (TPSA) is 57.6 Å². The summed E-state index contributed by atoms with van der Waals surface area (Å²) in [6, 6.07) is 1.84. The Morgan fingerprint density at radius 2 is 2.05 bits per heavy atom. The Hall–Kier alpha value is -1.63. The SMILES string of the molecule is CC1SCC(C(=O)O)N1C(=O)c1ccc(F)c(F)c1. The standard InChI is InChI=1S/C12H11F2NO3S/c1-6-15(10(5-19-6)12(17)18)11(16)7-2-3-8(13)9(14)4-7/h2-4,6,10H,5H2,1H3,(H,17,18). The van der Waals surface area contributed by atoms with Crippen LogP contribution in [0, 0.1) is 11.6 Å². The van der Waals surface area contributed by atoms with Crippen molar-refractivity contribution in [2.45, 2.75) is 18.3 Å². The number of hydrogen-bond donors (Lipinski definition) is 1. The molecular formula is C12H11F2NO3S. The molecule has 1 amide bonds. The minimum Gasteiger partial charge on any atom is -0.480 e. The van der Waals surface area contributed by atoms with Gasteiger partial charge >= 0.3 is 5.97 Å². The molecule has 4 nitrogen and oxygen atoms in total. The molecule has 1 fully saturated rings. The van der Waals surface area contributed by atoms with Gasteiger partial charge in [-0.2, -0.15) is 0 Å². The lowest BCUT2D eigenvalue weighted by molar-refractivity contribution is -0.141. The predicted molar refractivity (Wildman–Crippen MR) is 65.9 cm³/mol. The zero-order valence-corrected chi connectivity index (χ0v) is 10.8. The van der Waals surface area contributed by atoms with Crippen molar-refractivity contribution in [3.63, 3.8) is 0 Å². The van der Waals surface area contributed by atoms with Crippen LogP contribution in [-0.4, -0.2) is 39.1 Å². The Balaban J connectivity index is 2.31. The lowest BCUT2D eigenvalue weighted by Crippen LogP contribution is -2.44. The van der Waals surface area contributed by atoms with Gasteiger partial charge in [0.1, 0.15) is 6.04 Å². The monoisotopic (exact) mass is 287 g/mol. The molecule has 0 radical (unpaired) electrons. The van der Waals surface area contributed by atoms with E-state index in [1.807, 2.05) is 0 Å². The number of halogens is 2. The molecule has 0 bridgehead atoms. The average molecular weight is 287 g/mol. The number of aliphatic carboxylic acids is 1. The summed E-state index contributed by atoms with van der Waals surface area (Å²) in [6.07, 6.45) is 0. The number of amides is 1. The van der Waals surface area contributed by atoms with Gasteiger partial charge < -0.3 is 10.0 Å². The Labute approximate surface area is 112 Å². The van der Waals surface area contributed by atoms with Gasteiger partial charge in [0, 0.05) is 11.3 Å². The maximum atomic E-state index is 13.1. The molecule has 1 saturated heterocycles. The first kappa shape index (κ1) is 13.8. The summed E-state index contributed by atoms with van der Waals surface area (Å²) >= 11 is 1.33. The molecule has 19 heavy (non-hydrogen) atoms. The van der Waals surface area contributed by atoms with Gasteiger partial charge in [-0.3, -0.25) is 4.79 Å². The fourth-order valence-electron chi connectivity index (χ4n) is 1.92. The molecule has 7 heteroatoms. The number of benzene rings is 1. The molecule has 0 aliphatic carbocycles. The number of nitrogens with zero attached hydrogens (tertiary/aromatic N) is 1. The Morgan fingerprint density at radius 3 is 2.63 bits per heavy atom. The first-order valence-corrected chi connectivity index (χ1v) is 6.59. The van der Waals surface area contributed by atoms with Crippen molar-refractivity contribution >= 4 is 23.6 Å². The highest BCUT2D eigenvalue weighted by atomic mass is 32.2. The highest BCUT2D eigenvalue weighted by molar-refractivity contribution is 8.00. The van der Waals surface area contributed by atoms with Crippen molar-refractivity contribution < 1.29 is 23.5 Å². The molecule has 2 unspecified atom stereocenters. The van der Waals surface area contributed by atoms with Crippen molar-refractivity contribution in [1.29, 1.82) is 0 Å². The van der Waals surface area contributed by atoms with E-state index in [0.29, 0.717) is 0 Å². The Kier molecular flexibility index (Phi) is 3.75. The van der Waals surface area contributed by atoms with Gasteiger partial charge in [-0.25, -0.2) is 13.6 Å². The van der Waals surface area contributed by atoms with Gasteiger partial charge in [0.05, 0.1) is 5.37 Å². The van der Waals surface area contributed by atoms with Crippen LogP contribution < -0.4 is 0 Å². The van der Waals surface area contributed by atoms with E-state index in [1.54, 1.807) is 6.92 Å². The average Bonchev–Trinajstić information content (AvgIpc) is 2.74. The summed E-state index contributed by atoms with van der Waals surface area (Å²) < 4.78 is 25.9. The van der Waals surface area contributed by atoms with Gasteiger partial charge in [-0.1, -0.05) is 0 Å². The quantitative estimate of drug-likeness (QED) is 0.903. The van der Waals surface area contributed by atoms with E-state index in [1.165, 1.54) is 16.7 Å². The van der Waals surface area contributed by atoms with E-state index in [0.717, 1.165) is 18.2 Å². The van der Waals surface area contributed by atoms with Crippen LogP contribution in [0.5, 0.6) is 0 Å². The first-order chi connectivity index (χ1) is 8.91. The van der Waals surface area contributed by atoms with Gasteiger partial charge in [-0.05, 0) is 25.1 Å². The minimum absolute atomic E-state index is 0.0560. The van der Waals surface area contributed by atoms with Crippen LogP contribution in [0.3, 0.4) is 0 Å². The van der Waals surface area contributed by atoms with Crippen LogP contribution in [0.4, 0.5) is 8.78 Å². The lowest BCUT2D eigenvalue weighted by Gasteiger charge is -2.25. The van der Waals surface area contributed by atoms with Crippen molar-refractivity contribution in [3.8, 4) is 0 Å². The number of rotatable bonds is 2. The van der Waals surface area contributed by atoms with E-state index in [-0.39, 0.29) is 16.7 Å². The maximum Gasteiger partial charge on any atom is 0.327 e. The lowest BCUT2D eigenvalue weighted by atomic mass is 10.1. The van der Waals surface area contributed by atoms with Gasteiger partial charge in [0.2, 0.25) is 0 Å². The summed E-state index contributed by atoms with van der Waals surface area (Å²) in [7, 11) is 0. The van der Waals surface area contributed by atoms with Crippen LogP contribution in [0.25, 0.3) is 0 Å². The van der Waals surface area contributed by atoms with E-state index in [2.05, 4.69) is 0 Å². The second kappa shape index (κ2) is 5.16. The number of carbonyl (C=O) groups excluding carboxylic acids is 1. The largest absolute Gasteiger partial charge is 0.480 e. The normalized spacial score (nSPS) is 22.6. The third-order valence-corrected chi connectivity index (χ3v) is 4.13. The molecule has 2 rings (SSSR count). The second-order valence-electron chi connectivity index (χ2n) is 4.13. The van der Waals surface area contributed by atoms with E-state index < -0.39 is 29.6 Å². The Morgan fingerprint density at radius 1 is 1.37 bits per heavy atom. The van der Waals surface area contributed by atoms with E-state index in [9.17, 15) is 18.4 Å². The molecule has 1 aromatic rings. The highest BCUT2D eigenvalue weighted by Gasteiger charge is 2.39. The highest BCUT2D eigenvalue weighted by Crippen LogP contribution is 2.30. The van der Waals surface area contributed by atoms with Crippen molar-refractivity contribution in [2.75, 3.05) is 5.75 Å². The van der Waals surface area contributed by atoms with Crippen molar-refractivity contribution in [1.82, 2.24) is 4.90 Å². The number of hydrogen-bond acceptors (Lipinski definition) is 3. The number of carboxylic acids is 1. The first-order valence-electron chi connectivity index (χ1n) is 5.54. The fraction of sp³-hybridized carbons (Fsp3) is 0.333. The summed E-state index contributed by atoms with van der Waals surface area (Å²) in [4.78, 5) is 24.4. The van der Waals surface area contributed by atoms with E-state index in [4.69, 9.17) is 5.11 Å². The van der Waals surface area contributed by atoms with Crippen molar-refractivity contribution in [3.05, 3.63) is 35.4 Å². The second-order valence-corrected chi connectivity index (χ2v) is 5.48. The summed E-state index contributed by atoms with van der Waals surface area (Å²) in [5.74, 6) is -3.60. The minimum atomic E-state index is -1.13. The van der Waals surface area contributed by atoms with Crippen LogP contribution in [-0.2, 0) is 4.79 Å². The molecule has 1 aliphatic heterocycles. The van der Waals surface area contributed by atoms with Gasteiger partial charge in [-0.15, -0.1) is 11.8 Å². The van der Waals surface area contributed by atoms with Crippen LogP contribution in [0.15, 0.2) is 18.2 Å². The smallest absolute Gasteiger partial charge is 0.327 e. The zero-order valence-electron chi connectivity index (χ0n) is 9.97. The van der Waals surface area contributed by atoms with Gasteiger partial charge in [0.15, 0.2) is 11.6 Å². The molecule has 0 spiro atoms. The third kappa shape index (κ3) is 2.56. The molecule has 102 valence electrons. The predicted octanol–water partition coefficient (Wildman–Crippen LogP) is 1.95. The van der Waals surface area contributed by atoms with Crippen molar-refractivity contribution in [2.24, 2.45) is 0 Å². The number of carboxylic acid groups (broad SMARTS) is 1. The van der Waals surface area contributed by atoms with Gasteiger partial charge in [0.25, 0.3) is 5.91 Å². The fourth-order valence-corrected chi connectivity index (χ4v) is 3.09. The molecular weight excluding hydrogens is 276 g/mol. The number of thioether (sulfide) groups is 1. The molecule has 0 aromatic heterocycles. The molecule has 0 saturated carbocycles. The summed E-state index contributed by atoms with van der Waals surface area (Å²) in [6.45, 7) is 1.70. The molecule has 2 atom stereocenters. The van der Waals surface area contributed by atoms with E-state index >= 15 is 0 Å². The van der Waals surface area contributed by atoms with Crippen LogP contribution in [0.2, 0.25) is 0 Å². The Bertz CT molecular complexity index is 538. The summed E-state index contributed by atoms with van der Waals surface area (Å²) in [5, 5.41) is 8.74. The maximum absolute atomic E-state index is 13.1. The summed E-state index contributed by atoms with van der Waals surface area (Å²) in [5.41, 5.74) is -0.0560.